The van der Waals surface area contributed by atoms with Gasteiger partial charge in [-0.2, -0.15) is 5.10 Å². The molecule has 3 aromatic heterocycles. The fraction of sp³-hybridized carbons (Fsp3) is 0.407. The smallest absolute Gasteiger partial charge is 0.311 e. The van der Waals surface area contributed by atoms with Crippen molar-refractivity contribution in [2.24, 2.45) is 0 Å². The van der Waals surface area contributed by atoms with E-state index in [2.05, 4.69) is 31.0 Å². The lowest BCUT2D eigenvalue weighted by Crippen LogP contribution is -2.62. The normalized spacial score (nSPS) is 15.8. The van der Waals surface area contributed by atoms with Gasteiger partial charge in [0.2, 0.25) is 5.89 Å². The van der Waals surface area contributed by atoms with Crippen molar-refractivity contribution >= 4 is 29.1 Å². The zero-order chi connectivity index (χ0) is 27.4. The second kappa shape index (κ2) is 9.20. The third-order valence-corrected chi connectivity index (χ3v) is 6.99. The van der Waals surface area contributed by atoms with E-state index >= 15 is 0 Å². The molecule has 0 unspecified atom stereocenters. The molecule has 5 rings (SSSR count). The van der Waals surface area contributed by atoms with Gasteiger partial charge in [-0.15, -0.1) is 10.2 Å². The number of carbonyl (C=O) groups excluding carboxylic acids is 2. The van der Waals surface area contributed by atoms with Gasteiger partial charge in [-0.1, -0.05) is 44.5 Å². The van der Waals surface area contributed by atoms with Crippen LogP contribution >= 0.6 is 11.6 Å². The first-order valence-corrected chi connectivity index (χ1v) is 12.8. The van der Waals surface area contributed by atoms with Crippen LogP contribution in [0.2, 0.25) is 5.02 Å². The summed E-state index contributed by atoms with van der Waals surface area (Å²) in [5, 5.41) is 13.0. The Morgan fingerprint density at radius 1 is 1.05 bits per heavy atom. The average molecular weight is 536 g/mol. The topological polar surface area (TPSA) is 110 Å². The van der Waals surface area contributed by atoms with Gasteiger partial charge in [0.05, 0.1) is 17.4 Å². The molecule has 1 fully saturated rings. The Morgan fingerprint density at radius 2 is 1.76 bits per heavy atom. The first-order valence-electron chi connectivity index (χ1n) is 12.4. The minimum atomic E-state index is -0.648. The number of amides is 2. The van der Waals surface area contributed by atoms with E-state index in [9.17, 15) is 9.59 Å². The van der Waals surface area contributed by atoms with E-state index in [1.165, 1.54) is 0 Å². The van der Waals surface area contributed by atoms with Gasteiger partial charge >= 0.3 is 11.8 Å². The lowest BCUT2D eigenvalue weighted by molar-refractivity contribution is 0.0150. The van der Waals surface area contributed by atoms with Crippen LogP contribution in [0.1, 0.15) is 67.2 Å². The van der Waals surface area contributed by atoms with Crippen LogP contribution in [0.4, 0.5) is 0 Å². The number of piperazine rings is 1. The fourth-order valence-corrected chi connectivity index (χ4v) is 4.88. The molecular weight excluding hydrogens is 506 g/mol. The third-order valence-electron chi connectivity index (χ3n) is 6.74. The summed E-state index contributed by atoms with van der Waals surface area (Å²) in [6.45, 7) is 12.8. The number of rotatable bonds is 3. The molecule has 0 aliphatic carbocycles. The third kappa shape index (κ3) is 4.76. The quantitative estimate of drug-likeness (QED) is 0.382. The summed E-state index contributed by atoms with van der Waals surface area (Å²) in [6.07, 6.45) is 1.68. The van der Waals surface area contributed by atoms with Crippen molar-refractivity contribution in [2.45, 2.75) is 52.5 Å². The molecule has 0 radical (unpaired) electrons. The van der Waals surface area contributed by atoms with Crippen LogP contribution in [0, 0.1) is 6.92 Å². The van der Waals surface area contributed by atoms with Crippen LogP contribution in [0.3, 0.4) is 0 Å². The maximum Gasteiger partial charge on any atom is 0.311 e. The molecule has 4 aromatic rings. The molecule has 4 heterocycles. The first-order chi connectivity index (χ1) is 17.8. The van der Waals surface area contributed by atoms with Crippen molar-refractivity contribution in [1.82, 2.24) is 34.6 Å². The van der Waals surface area contributed by atoms with Crippen molar-refractivity contribution in [3.63, 3.8) is 0 Å². The first kappa shape index (κ1) is 25.8. The number of halogens is 1. The Labute approximate surface area is 225 Å². The molecule has 2 amide bonds. The Morgan fingerprint density at radius 3 is 2.37 bits per heavy atom. The van der Waals surface area contributed by atoms with Crippen LogP contribution in [0.25, 0.3) is 16.9 Å². The Hall–Kier alpha value is -3.79. The van der Waals surface area contributed by atoms with E-state index in [1.807, 2.05) is 44.2 Å². The van der Waals surface area contributed by atoms with E-state index in [-0.39, 0.29) is 23.1 Å². The lowest BCUT2D eigenvalue weighted by Gasteiger charge is -2.46. The van der Waals surface area contributed by atoms with Crippen LogP contribution in [-0.2, 0) is 5.41 Å². The second-order valence-corrected chi connectivity index (χ2v) is 11.7. The standard InChI is InChI=1S/C27H30ClN7O3/c1-16-30-31-23(38-16)25(37)33-11-12-34(27(5,6)15-33)24(36)21-14-35-22(29-21)19(26(2,3)4)13-20(32-35)17-7-9-18(28)10-8-17/h7-10,13-14H,11-12,15H2,1-6H3. The van der Waals surface area contributed by atoms with Crippen molar-refractivity contribution < 1.29 is 14.0 Å². The largest absolute Gasteiger partial charge is 0.417 e. The highest BCUT2D eigenvalue weighted by atomic mass is 35.5. The predicted octanol–water partition coefficient (Wildman–Crippen LogP) is 4.42. The highest BCUT2D eigenvalue weighted by Crippen LogP contribution is 2.31. The molecule has 0 bridgehead atoms. The highest BCUT2D eigenvalue weighted by Gasteiger charge is 2.40. The molecule has 38 heavy (non-hydrogen) atoms. The van der Waals surface area contributed by atoms with Crippen LogP contribution in [0.15, 0.2) is 40.9 Å². The van der Waals surface area contributed by atoms with Gasteiger partial charge in [-0.25, -0.2) is 9.50 Å². The van der Waals surface area contributed by atoms with Gasteiger partial charge in [0, 0.05) is 42.7 Å². The number of benzene rings is 1. The van der Waals surface area contributed by atoms with Crippen molar-refractivity contribution in [3.05, 3.63) is 64.6 Å². The van der Waals surface area contributed by atoms with E-state index in [4.69, 9.17) is 26.1 Å². The molecule has 0 atom stereocenters. The molecule has 10 nitrogen and oxygen atoms in total. The molecule has 0 saturated carbocycles. The predicted molar refractivity (Wildman–Crippen MR) is 142 cm³/mol. The number of imidazole rings is 1. The Kier molecular flexibility index (Phi) is 6.25. The number of aryl methyl sites for hydroxylation is 1. The van der Waals surface area contributed by atoms with Crippen molar-refractivity contribution in [2.75, 3.05) is 19.6 Å². The summed E-state index contributed by atoms with van der Waals surface area (Å²) in [5.41, 5.74) is 2.70. The van der Waals surface area contributed by atoms with E-state index in [1.54, 1.807) is 27.4 Å². The number of hydrogen-bond acceptors (Lipinski definition) is 7. The summed E-state index contributed by atoms with van der Waals surface area (Å²) in [7, 11) is 0. The number of hydrogen-bond donors (Lipinski definition) is 0. The second-order valence-electron chi connectivity index (χ2n) is 11.2. The average Bonchev–Trinajstić information content (AvgIpc) is 3.48. The van der Waals surface area contributed by atoms with E-state index in [0.717, 1.165) is 16.8 Å². The molecule has 11 heteroatoms. The number of carbonyl (C=O) groups is 2. The summed E-state index contributed by atoms with van der Waals surface area (Å²) in [5.74, 6) is -0.271. The highest BCUT2D eigenvalue weighted by molar-refractivity contribution is 6.30. The summed E-state index contributed by atoms with van der Waals surface area (Å²) in [4.78, 5) is 34.8. The molecule has 0 N–H and O–H groups in total. The van der Waals surface area contributed by atoms with Crippen LogP contribution < -0.4 is 0 Å². The number of nitrogens with zero attached hydrogens (tertiary/aromatic N) is 7. The molecule has 1 saturated heterocycles. The molecule has 1 aromatic carbocycles. The van der Waals surface area contributed by atoms with E-state index in [0.29, 0.717) is 41.9 Å². The van der Waals surface area contributed by atoms with Gasteiger partial charge in [-0.05, 0) is 37.5 Å². The minimum absolute atomic E-state index is 0.0456. The molecule has 1 aliphatic rings. The van der Waals surface area contributed by atoms with Crippen LogP contribution in [-0.4, -0.2) is 71.6 Å². The fourth-order valence-electron chi connectivity index (χ4n) is 4.76. The van der Waals surface area contributed by atoms with Crippen molar-refractivity contribution in [1.29, 1.82) is 0 Å². The number of fused-ring (bicyclic) bond motifs is 1. The zero-order valence-electron chi connectivity index (χ0n) is 22.3. The summed E-state index contributed by atoms with van der Waals surface area (Å²) >= 11 is 6.08. The van der Waals surface area contributed by atoms with Gasteiger partial charge in [0.1, 0.15) is 5.69 Å². The summed E-state index contributed by atoms with van der Waals surface area (Å²) < 4.78 is 6.99. The molecule has 0 spiro atoms. The molecule has 1 aliphatic heterocycles. The zero-order valence-corrected chi connectivity index (χ0v) is 23.1. The van der Waals surface area contributed by atoms with Crippen LogP contribution in [0.5, 0.6) is 0 Å². The van der Waals surface area contributed by atoms with Crippen molar-refractivity contribution in [3.8, 4) is 11.3 Å². The van der Waals surface area contributed by atoms with Gasteiger partial charge in [-0.3, -0.25) is 9.59 Å². The molecular formula is C27H30ClN7O3. The molecule has 198 valence electrons. The minimum Gasteiger partial charge on any atom is -0.417 e. The number of aromatic nitrogens is 5. The maximum absolute atomic E-state index is 13.8. The Balaban J connectivity index is 1.46. The van der Waals surface area contributed by atoms with E-state index < -0.39 is 5.54 Å². The SMILES string of the molecule is Cc1nnc(C(=O)N2CCN(C(=O)c3cn4nc(-c5ccc(Cl)cc5)cc(C(C)(C)C)c4n3)C(C)(C)C2)o1. The maximum atomic E-state index is 13.8. The lowest BCUT2D eigenvalue weighted by atomic mass is 9.87. The summed E-state index contributed by atoms with van der Waals surface area (Å²) in [6, 6.07) is 9.52. The Bertz CT molecular complexity index is 1530. The van der Waals surface area contributed by atoms with Gasteiger partial charge < -0.3 is 14.2 Å². The van der Waals surface area contributed by atoms with Gasteiger partial charge in [0.15, 0.2) is 5.65 Å². The van der Waals surface area contributed by atoms with Gasteiger partial charge in [0.25, 0.3) is 5.91 Å². The monoisotopic (exact) mass is 535 g/mol.